The summed E-state index contributed by atoms with van der Waals surface area (Å²) in [6.07, 6.45) is 2.85. The van der Waals surface area contributed by atoms with E-state index < -0.39 is 6.10 Å². The fraction of sp³-hybridized carbons (Fsp3) is 0.444. The molecule has 1 aliphatic rings. The van der Waals surface area contributed by atoms with E-state index in [1.54, 1.807) is 12.0 Å². The summed E-state index contributed by atoms with van der Waals surface area (Å²) >= 11 is 0. The second-order valence-electron chi connectivity index (χ2n) is 6.15. The van der Waals surface area contributed by atoms with Crippen molar-refractivity contribution >= 4 is 11.8 Å². The number of aromatic nitrogens is 3. The van der Waals surface area contributed by atoms with E-state index in [9.17, 15) is 9.59 Å². The molecule has 0 bridgehead atoms. The zero-order chi connectivity index (χ0) is 19.1. The number of carbonyl (C=O) groups excluding carboxylic acids is 2. The lowest BCUT2D eigenvalue weighted by molar-refractivity contribution is -0.147. The number of nitrogens with one attached hydrogen (secondary N) is 1. The van der Waals surface area contributed by atoms with Gasteiger partial charge < -0.3 is 19.7 Å². The third-order valence-electron chi connectivity index (χ3n) is 4.36. The molecule has 1 unspecified atom stereocenters. The Hall–Kier alpha value is -2.94. The van der Waals surface area contributed by atoms with Crippen molar-refractivity contribution in [1.29, 1.82) is 0 Å². The Morgan fingerprint density at radius 2 is 2.22 bits per heavy atom. The number of ether oxygens (including phenoxy) is 2. The molecule has 0 aliphatic carbocycles. The van der Waals surface area contributed by atoms with Gasteiger partial charge in [0.25, 0.3) is 5.91 Å². The van der Waals surface area contributed by atoms with Crippen LogP contribution in [0.2, 0.25) is 0 Å². The fourth-order valence-corrected chi connectivity index (χ4v) is 2.93. The lowest BCUT2D eigenvalue weighted by Gasteiger charge is -2.32. The smallest absolute Gasteiger partial charge is 0.251 e. The Balaban J connectivity index is 1.47. The van der Waals surface area contributed by atoms with Crippen molar-refractivity contribution < 1.29 is 19.1 Å². The summed E-state index contributed by atoms with van der Waals surface area (Å²) < 4.78 is 12.3. The normalized spacial score (nSPS) is 16.8. The number of nitrogens with zero attached hydrogens (tertiary/aromatic N) is 4. The number of rotatable bonds is 7. The molecule has 9 heteroatoms. The van der Waals surface area contributed by atoms with Crippen LogP contribution in [0.15, 0.2) is 36.9 Å². The highest BCUT2D eigenvalue weighted by Gasteiger charge is 2.29. The summed E-state index contributed by atoms with van der Waals surface area (Å²) in [6, 6.07) is 7.69. The van der Waals surface area contributed by atoms with Crippen LogP contribution in [0.25, 0.3) is 0 Å². The second kappa shape index (κ2) is 9.13. The van der Waals surface area contributed by atoms with E-state index in [-0.39, 0.29) is 24.9 Å². The predicted octanol–water partition coefficient (Wildman–Crippen LogP) is -0.127. The lowest BCUT2D eigenvalue weighted by atomic mass is 10.1. The summed E-state index contributed by atoms with van der Waals surface area (Å²) in [5.74, 6) is 0.462. The highest BCUT2D eigenvalue weighted by Crippen LogP contribution is 2.17. The number of benzene rings is 1. The van der Waals surface area contributed by atoms with Crippen molar-refractivity contribution in [2.45, 2.75) is 19.1 Å². The largest absolute Gasteiger partial charge is 0.496 e. The van der Waals surface area contributed by atoms with Crippen LogP contribution < -0.4 is 10.1 Å². The quantitative estimate of drug-likeness (QED) is 0.726. The van der Waals surface area contributed by atoms with Crippen molar-refractivity contribution in [1.82, 2.24) is 25.0 Å². The molecule has 1 aromatic carbocycles. The maximum atomic E-state index is 12.4. The molecule has 0 radical (unpaired) electrons. The number of amides is 2. The molecule has 9 nitrogen and oxygen atoms in total. The molecule has 1 saturated heterocycles. The van der Waals surface area contributed by atoms with Crippen LogP contribution in [-0.2, 0) is 27.3 Å². The molecule has 2 aromatic rings. The van der Waals surface area contributed by atoms with Crippen molar-refractivity contribution in [3.8, 4) is 5.75 Å². The minimum Gasteiger partial charge on any atom is -0.496 e. The predicted molar refractivity (Wildman–Crippen MR) is 96.0 cm³/mol. The number of carbonyl (C=O) groups is 2. The van der Waals surface area contributed by atoms with E-state index in [2.05, 4.69) is 15.4 Å². The first kappa shape index (κ1) is 18.8. The summed E-state index contributed by atoms with van der Waals surface area (Å²) in [6.45, 7) is 1.58. The maximum Gasteiger partial charge on any atom is 0.251 e. The molecule has 0 saturated carbocycles. The Labute approximate surface area is 157 Å². The van der Waals surface area contributed by atoms with Crippen molar-refractivity contribution in [3.05, 3.63) is 42.5 Å². The minimum absolute atomic E-state index is 0.0993. The first-order chi connectivity index (χ1) is 13.2. The monoisotopic (exact) mass is 373 g/mol. The van der Waals surface area contributed by atoms with Gasteiger partial charge in [0.1, 0.15) is 24.9 Å². The molecule has 1 atom stereocenters. The Morgan fingerprint density at radius 1 is 1.37 bits per heavy atom. The molecule has 2 heterocycles. The maximum absolute atomic E-state index is 12.4. The van der Waals surface area contributed by atoms with Gasteiger partial charge in [0, 0.05) is 13.1 Å². The van der Waals surface area contributed by atoms with Crippen LogP contribution in [0.3, 0.4) is 0 Å². The Bertz CT molecular complexity index is 765. The number of para-hydroxylation sites is 1. The van der Waals surface area contributed by atoms with Gasteiger partial charge in [-0.3, -0.25) is 9.59 Å². The van der Waals surface area contributed by atoms with Crippen LogP contribution in [0, 0.1) is 0 Å². The van der Waals surface area contributed by atoms with Crippen molar-refractivity contribution in [3.63, 3.8) is 0 Å². The Morgan fingerprint density at radius 3 is 3.00 bits per heavy atom. The number of morpholine rings is 1. The van der Waals surface area contributed by atoms with Crippen LogP contribution >= 0.6 is 0 Å². The average Bonchev–Trinajstić information content (AvgIpc) is 3.21. The van der Waals surface area contributed by atoms with E-state index in [0.717, 1.165) is 11.3 Å². The standard InChI is InChI=1S/C18H23N5O4/c1-26-15-5-3-2-4-14(15)6-7-20-18(25)16-10-22(8-9-27-16)17(24)11-23-13-19-12-21-23/h2-5,12-13,16H,6-11H2,1H3,(H,20,25). The first-order valence-electron chi connectivity index (χ1n) is 8.79. The molecule has 27 heavy (non-hydrogen) atoms. The molecule has 144 valence electrons. The van der Waals surface area contributed by atoms with E-state index in [0.29, 0.717) is 26.1 Å². The van der Waals surface area contributed by atoms with Gasteiger partial charge in [0.15, 0.2) is 6.10 Å². The SMILES string of the molecule is COc1ccccc1CCNC(=O)C1CN(C(=O)Cn2cncn2)CCO1. The van der Waals surface area contributed by atoms with E-state index in [1.165, 1.54) is 17.3 Å². The van der Waals surface area contributed by atoms with Crippen LogP contribution in [-0.4, -0.2) is 70.9 Å². The van der Waals surface area contributed by atoms with Gasteiger partial charge in [-0.15, -0.1) is 0 Å². The van der Waals surface area contributed by atoms with Gasteiger partial charge in [-0.05, 0) is 18.1 Å². The molecular weight excluding hydrogens is 350 g/mol. The third-order valence-corrected chi connectivity index (χ3v) is 4.36. The summed E-state index contributed by atoms with van der Waals surface area (Å²) in [7, 11) is 1.62. The van der Waals surface area contributed by atoms with Gasteiger partial charge >= 0.3 is 0 Å². The lowest BCUT2D eigenvalue weighted by Crippen LogP contribution is -2.52. The van der Waals surface area contributed by atoms with Gasteiger partial charge in [0.05, 0.1) is 20.3 Å². The topological polar surface area (TPSA) is 98.6 Å². The molecule has 3 rings (SSSR count). The highest BCUT2D eigenvalue weighted by molar-refractivity contribution is 5.83. The zero-order valence-electron chi connectivity index (χ0n) is 15.2. The van der Waals surface area contributed by atoms with Gasteiger partial charge in [0.2, 0.25) is 5.91 Å². The average molecular weight is 373 g/mol. The van der Waals surface area contributed by atoms with Gasteiger partial charge in [-0.25, -0.2) is 9.67 Å². The number of hydrogen-bond acceptors (Lipinski definition) is 6. The number of hydrogen-bond donors (Lipinski definition) is 1. The third kappa shape index (κ3) is 5.04. The zero-order valence-corrected chi connectivity index (χ0v) is 15.2. The minimum atomic E-state index is -0.670. The summed E-state index contributed by atoms with van der Waals surface area (Å²) in [5, 5.41) is 6.80. The van der Waals surface area contributed by atoms with E-state index in [4.69, 9.17) is 9.47 Å². The molecular formula is C18H23N5O4. The molecule has 2 amide bonds. The highest BCUT2D eigenvalue weighted by atomic mass is 16.5. The van der Waals surface area contributed by atoms with Crippen molar-refractivity contribution in [2.24, 2.45) is 0 Å². The van der Waals surface area contributed by atoms with Crippen LogP contribution in [0.1, 0.15) is 5.56 Å². The summed E-state index contributed by atoms with van der Waals surface area (Å²) in [4.78, 5) is 30.2. The second-order valence-corrected chi connectivity index (χ2v) is 6.15. The molecule has 1 N–H and O–H groups in total. The van der Waals surface area contributed by atoms with Gasteiger partial charge in [-0.1, -0.05) is 18.2 Å². The fourth-order valence-electron chi connectivity index (χ4n) is 2.93. The van der Waals surface area contributed by atoms with Crippen LogP contribution in [0.4, 0.5) is 0 Å². The Kier molecular flexibility index (Phi) is 6.37. The van der Waals surface area contributed by atoms with Crippen LogP contribution in [0.5, 0.6) is 5.75 Å². The molecule has 1 fully saturated rings. The van der Waals surface area contributed by atoms with Gasteiger partial charge in [-0.2, -0.15) is 5.10 Å². The first-order valence-corrected chi connectivity index (χ1v) is 8.79. The van der Waals surface area contributed by atoms with E-state index in [1.807, 2.05) is 24.3 Å². The summed E-state index contributed by atoms with van der Waals surface area (Å²) in [5.41, 5.74) is 1.02. The van der Waals surface area contributed by atoms with Crippen molar-refractivity contribution in [2.75, 3.05) is 33.4 Å². The molecule has 0 spiro atoms. The molecule has 1 aliphatic heterocycles. The molecule has 1 aromatic heterocycles. The number of methoxy groups -OCH3 is 1. The van der Waals surface area contributed by atoms with E-state index >= 15 is 0 Å².